The zero-order valence-electron chi connectivity index (χ0n) is 7.47. The molecule has 0 saturated heterocycles. The van der Waals surface area contributed by atoms with E-state index in [0.717, 1.165) is 9.99 Å². The Morgan fingerprint density at radius 1 is 1.36 bits per heavy atom. The van der Waals surface area contributed by atoms with Crippen LogP contribution in [0.1, 0.15) is 12.0 Å². The number of fused-ring (bicyclic) bond motifs is 1. The van der Waals surface area contributed by atoms with E-state index in [0.29, 0.717) is 5.39 Å². The van der Waals surface area contributed by atoms with Gasteiger partial charge in [-0.3, -0.25) is 0 Å². The van der Waals surface area contributed by atoms with Gasteiger partial charge >= 0.3 is 0 Å². The Hall–Kier alpha value is -0.900. The van der Waals surface area contributed by atoms with E-state index in [2.05, 4.69) is 15.9 Å². The highest BCUT2D eigenvalue weighted by Crippen LogP contribution is 2.32. The lowest BCUT2D eigenvalue weighted by Gasteiger charge is -1.98. The number of nitrogens with zero attached hydrogens (tertiary/aromatic N) is 1. The lowest BCUT2D eigenvalue weighted by atomic mass is 10.2. The monoisotopic (exact) mass is 259 g/mol. The van der Waals surface area contributed by atoms with E-state index in [9.17, 15) is 8.78 Å². The maximum absolute atomic E-state index is 12.6. The van der Waals surface area contributed by atoms with Gasteiger partial charge in [0.2, 0.25) is 0 Å². The molecule has 0 saturated carbocycles. The molecule has 14 heavy (non-hydrogen) atoms. The van der Waals surface area contributed by atoms with Crippen LogP contribution in [-0.4, -0.2) is 4.57 Å². The maximum atomic E-state index is 12.6. The Bertz CT molecular complexity index is 476. The van der Waals surface area contributed by atoms with Gasteiger partial charge in [-0.05, 0) is 22.0 Å². The van der Waals surface area contributed by atoms with Crippen molar-refractivity contribution in [3.05, 3.63) is 34.4 Å². The fraction of sp³-hybridized carbons (Fsp3) is 0.200. The molecule has 0 amide bonds. The fourth-order valence-corrected chi connectivity index (χ4v) is 2.27. The summed E-state index contributed by atoms with van der Waals surface area (Å²) < 4.78 is 27.8. The van der Waals surface area contributed by atoms with E-state index in [1.54, 1.807) is 23.7 Å². The Balaban J connectivity index is 2.84. The van der Waals surface area contributed by atoms with Crippen molar-refractivity contribution in [3.8, 4) is 0 Å². The third-order valence-corrected chi connectivity index (χ3v) is 2.86. The van der Waals surface area contributed by atoms with Crippen molar-refractivity contribution < 1.29 is 8.78 Å². The Morgan fingerprint density at radius 3 is 2.71 bits per heavy atom. The summed E-state index contributed by atoms with van der Waals surface area (Å²) in [5.41, 5.74) is 0.895. The summed E-state index contributed by atoms with van der Waals surface area (Å²) in [6.45, 7) is 0. The first kappa shape index (κ1) is 9.65. The molecule has 0 aliphatic rings. The molecule has 0 radical (unpaired) electrons. The molecule has 0 aliphatic heterocycles. The Morgan fingerprint density at radius 2 is 2.07 bits per heavy atom. The molecular weight excluding hydrogens is 252 g/mol. The van der Waals surface area contributed by atoms with Gasteiger partial charge in [0.25, 0.3) is 6.43 Å². The van der Waals surface area contributed by atoms with Crippen molar-refractivity contribution in [2.75, 3.05) is 0 Å². The molecule has 1 heterocycles. The Labute approximate surface area is 88.5 Å². The highest BCUT2D eigenvalue weighted by atomic mass is 79.9. The van der Waals surface area contributed by atoms with Gasteiger partial charge in [-0.25, -0.2) is 8.78 Å². The van der Waals surface area contributed by atoms with Crippen molar-refractivity contribution >= 4 is 26.8 Å². The molecule has 0 spiro atoms. The van der Waals surface area contributed by atoms with E-state index >= 15 is 0 Å². The van der Waals surface area contributed by atoms with Crippen molar-refractivity contribution in [1.29, 1.82) is 0 Å². The van der Waals surface area contributed by atoms with Crippen molar-refractivity contribution in [1.82, 2.24) is 4.57 Å². The van der Waals surface area contributed by atoms with Crippen LogP contribution in [0.15, 0.2) is 28.9 Å². The number of halogens is 3. The molecule has 1 aromatic heterocycles. The second-order valence-electron chi connectivity index (χ2n) is 3.13. The van der Waals surface area contributed by atoms with Crippen LogP contribution in [0.4, 0.5) is 8.78 Å². The first-order valence-electron chi connectivity index (χ1n) is 4.13. The molecule has 0 atom stereocenters. The average Bonchev–Trinajstić information content (AvgIpc) is 2.45. The summed E-state index contributed by atoms with van der Waals surface area (Å²) in [4.78, 5) is 0. The minimum absolute atomic E-state index is 0.0869. The van der Waals surface area contributed by atoms with Crippen molar-refractivity contribution in [2.24, 2.45) is 7.05 Å². The van der Waals surface area contributed by atoms with Crippen LogP contribution in [0.3, 0.4) is 0 Å². The highest BCUT2D eigenvalue weighted by molar-refractivity contribution is 9.10. The summed E-state index contributed by atoms with van der Waals surface area (Å²) in [6.07, 6.45) is -0.951. The summed E-state index contributed by atoms with van der Waals surface area (Å²) >= 11 is 3.34. The van der Waals surface area contributed by atoms with Crippen LogP contribution in [0.5, 0.6) is 0 Å². The van der Waals surface area contributed by atoms with Crippen LogP contribution in [0.25, 0.3) is 10.9 Å². The van der Waals surface area contributed by atoms with Gasteiger partial charge in [0, 0.05) is 28.7 Å². The van der Waals surface area contributed by atoms with Crippen molar-refractivity contribution in [3.63, 3.8) is 0 Å². The number of benzene rings is 1. The van der Waals surface area contributed by atoms with E-state index in [1.165, 1.54) is 6.20 Å². The molecule has 0 bridgehead atoms. The second-order valence-corrected chi connectivity index (χ2v) is 3.99. The molecule has 1 nitrogen and oxygen atoms in total. The van der Waals surface area contributed by atoms with Crippen LogP contribution in [0.2, 0.25) is 0 Å². The zero-order valence-corrected chi connectivity index (χ0v) is 9.05. The zero-order chi connectivity index (χ0) is 10.3. The van der Waals surface area contributed by atoms with E-state index in [1.807, 2.05) is 6.07 Å². The highest BCUT2D eigenvalue weighted by Gasteiger charge is 2.15. The first-order chi connectivity index (χ1) is 6.61. The molecule has 4 heteroatoms. The van der Waals surface area contributed by atoms with Gasteiger partial charge < -0.3 is 4.57 Å². The predicted octanol–water partition coefficient (Wildman–Crippen LogP) is 3.88. The lowest BCUT2D eigenvalue weighted by Crippen LogP contribution is -1.84. The normalized spacial score (nSPS) is 11.5. The quantitative estimate of drug-likeness (QED) is 0.733. The van der Waals surface area contributed by atoms with Crippen molar-refractivity contribution in [2.45, 2.75) is 6.43 Å². The minimum Gasteiger partial charge on any atom is -0.349 e. The van der Waals surface area contributed by atoms with Gasteiger partial charge in [-0.15, -0.1) is 0 Å². The fourth-order valence-electron chi connectivity index (χ4n) is 1.62. The molecule has 0 unspecified atom stereocenters. The van der Waals surface area contributed by atoms with E-state index in [-0.39, 0.29) is 5.56 Å². The number of alkyl halides is 2. The SMILES string of the molecule is Cn1cc(C(F)F)c2cccc(Br)c21. The molecule has 0 aliphatic carbocycles. The molecule has 0 fully saturated rings. The van der Waals surface area contributed by atoms with Crippen LogP contribution < -0.4 is 0 Å². The summed E-state index contributed by atoms with van der Waals surface area (Å²) in [6, 6.07) is 5.32. The number of hydrogen-bond donors (Lipinski definition) is 0. The minimum atomic E-state index is -2.42. The van der Waals surface area contributed by atoms with Gasteiger partial charge in [0.05, 0.1) is 5.52 Å². The van der Waals surface area contributed by atoms with Gasteiger partial charge in [0.15, 0.2) is 0 Å². The topological polar surface area (TPSA) is 4.93 Å². The molecule has 74 valence electrons. The molecule has 2 rings (SSSR count). The summed E-state index contributed by atoms with van der Waals surface area (Å²) in [5.74, 6) is 0. The average molecular weight is 260 g/mol. The van der Waals surface area contributed by atoms with Gasteiger partial charge in [-0.1, -0.05) is 12.1 Å². The maximum Gasteiger partial charge on any atom is 0.265 e. The lowest BCUT2D eigenvalue weighted by molar-refractivity contribution is 0.153. The standard InChI is InChI=1S/C10H8BrF2N/c1-14-5-7(10(12)13)6-3-2-4-8(11)9(6)14/h2-5,10H,1H3. The second kappa shape index (κ2) is 3.35. The number of para-hydroxylation sites is 1. The summed E-state index contributed by atoms with van der Waals surface area (Å²) in [7, 11) is 1.76. The number of rotatable bonds is 1. The summed E-state index contributed by atoms with van der Waals surface area (Å²) in [5, 5.41) is 0.608. The molecule has 1 aromatic carbocycles. The van der Waals surface area contributed by atoms with E-state index in [4.69, 9.17) is 0 Å². The van der Waals surface area contributed by atoms with Gasteiger partial charge in [0.1, 0.15) is 0 Å². The number of aryl methyl sites for hydroxylation is 1. The number of hydrogen-bond acceptors (Lipinski definition) is 0. The number of aromatic nitrogens is 1. The largest absolute Gasteiger partial charge is 0.349 e. The van der Waals surface area contributed by atoms with Crippen LogP contribution in [0, 0.1) is 0 Å². The van der Waals surface area contributed by atoms with Gasteiger partial charge in [-0.2, -0.15) is 0 Å². The van der Waals surface area contributed by atoms with Crippen LogP contribution >= 0.6 is 15.9 Å². The third-order valence-electron chi connectivity index (χ3n) is 2.22. The first-order valence-corrected chi connectivity index (χ1v) is 4.92. The smallest absolute Gasteiger partial charge is 0.265 e. The third kappa shape index (κ3) is 1.34. The molecule has 0 N–H and O–H groups in total. The molecular formula is C10H8BrF2N. The predicted molar refractivity (Wildman–Crippen MR) is 55.6 cm³/mol. The Kier molecular flexibility index (Phi) is 2.31. The molecule has 2 aromatic rings. The van der Waals surface area contributed by atoms with Crippen LogP contribution in [-0.2, 0) is 7.05 Å². The van der Waals surface area contributed by atoms with E-state index < -0.39 is 6.43 Å².